The van der Waals surface area contributed by atoms with E-state index in [1.165, 1.54) is 6.07 Å². The Balaban J connectivity index is 0.00000161. The van der Waals surface area contributed by atoms with Crippen molar-refractivity contribution in [2.45, 2.75) is 4.90 Å². The quantitative estimate of drug-likeness (QED) is 0.322. The van der Waals surface area contributed by atoms with Crippen LogP contribution < -0.4 is 0 Å². The molecule has 102 valence electrons. The standard InChI is InChI=1S/C16H12O3S.Mg/c1-2-19-20(17,18)16-9-5-8-14-13-7-4-3-6-12(13)10-11-15(14)16;/h2-11H,1H2;. The molecule has 3 aromatic rings. The molecule has 2 radical (unpaired) electrons. The molecule has 0 aromatic heterocycles. The second-order valence-corrected chi connectivity index (χ2v) is 5.90. The Bertz CT molecular complexity index is 917. The first-order valence-corrected chi connectivity index (χ1v) is 7.49. The van der Waals surface area contributed by atoms with Crippen LogP contribution in [0.25, 0.3) is 21.5 Å². The molecule has 0 heterocycles. The first kappa shape index (κ1) is 15.8. The van der Waals surface area contributed by atoms with Crippen LogP contribution >= 0.6 is 0 Å². The SMILES string of the molecule is C=COS(=O)(=O)c1cccc2c1ccc1ccccc12.[Mg]. The average molecular weight is 309 g/mol. The maximum Gasteiger partial charge on any atom is 0.339 e. The first-order valence-electron chi connectivity index (χ1n) is 6.08. The number of hydrogen-bond acceptors (Lipinski definition) is 3. The number of hydrogen-bond donors (Lipinski definition) is 0. The van der Waals surface area contributed by atoms with Crippen molar-refractivity contribution >= 4 is 54.7 Å². The van der Waals surface area contributed by atoms with E-state index in [0.29, 0.717) is 5.39 Å². The van der Waals surface area contributed by atoms with E-state index in [2.05, 4.69) is 10.8 Å². The third-order valence-electron chi connectivity index (χ3n) is 3.21. The van der Waals surface area contributed by atoms with Crippen molar-refractivity contribution in [2.24, 2.45) is 0 Å². The molecule has 0 fully saturated rings. The Kier molecular flexibility index (Phi) is 4.56. The highest BCUT2D eigenvalue weighted by molar-refractivity contribution is 7.87. The van der Waals surface area contributed by atoms with Gasteiger partial charge < -0.3 is 4.18 Å². The topological polar surface area (TPSA) is 43.4 Å². The van der Waals surface area contributed by atoms with Crippen LogP contribution in [0.3, 0.4) is 0 Å². The smallest absolute Gasteiger partial charge is 0.339 e. The normalized spacial score (nSPS) is 11.0. The Morgan fingerprint density at radius 3 is 2.33 bits per heavy atom. The van der Waals surface area contributed by atoms with E-state index in [-0.39, 0.29) is 27.9 Å². The van der Waals surface area contributed by atoms with Crippen LogP contribution in [0, 0.1) is 0 Å². The summed E-state index contributed by atoms with van der Waals surface area (Å²) in [6.07, 6.45) is 0.926. The van der Waals surface area contributed by atoms with Gasteiger partial charge in [0.25, 0.3) is 0 Å². The molecule has 5 heteroatoms. The molecular formula is C16H12MgO3S. The predicted octanol–water partition coefficient (Wildman–Crippen LogP) is 3.46. The lowest BCUT2D eigenvalue weighted by atomic mass is 10.0. The third kappa shape index (κ3) is 2.77. The van der Waals surface area contributed by atoms with Gasteiger partial charge in [-0.3, -0.25) is 0 Å². The monoisotopic (exact) mass is 308 g/mol. The van der Waals surface area contributed by atoms with Gasteiger partial charge in [0.1, 0.15) is 4.90 Å². The largest absolute Gasteiger partial charge is 0.388 e. The maximum atomic E-state index is 12.1. The highest BCUT2D eigenvalue weighted by Crippen LogP contribution is 2.30. The van der Waals surface area contributed by atoms with Gasteiger partial charge >= 0.3 is 10.1 Å². The summed E-state index contributed by atoms with van der Waals surface area (Å²) in [7, 11) is -3.82. The molecule has 0 saturated carbocycles. The fourth-order valence-corrected chi connectivity index (χ4v) is 3.35. The van der Waals surface area contributed by atoms with Crippen LogP contribution in [0.2, 0.25) is 0 Å². The van der Waals surface area contributed by atoms with Crippen molar-refractivity contribution in [2.75, 3.05) is 0 Å². The second kappa shape index (κ2) is 6.05. The van der Waals surface area contributed by atoms with E-state index >= 15 is 0 Å². The second-order valence-electron chi connectivity index (χ2n) is 4.35. The van der Waals surface area contributed by atoms with E-state index in [1.54, 1.807) is 12.1 Å². The Morgan fingerprint density at radius 2 is 1.57 bits per heavy atom. The van der Waals surface area contributed by atoms with E-state index in [4.69, 9.17) is 0 Å². The summed E-state index contributed by atoms with van der Waals surface area (Å²) in [6, 6.07) is 16.7. The molecule has 0 atom stereocenters. The summed E-state index contributed by atoms with van der Waals surface area (Å²) in [5.41, 5.74) is 0. The van der Waals surface area contributed by atoms with Crippen LogP contribution in [0.1, 0.15) is 0 Å². The Hall–Kier alpha value is -1.56. The van der Waals surface area contributed by atoms with Gasteiger partial charge in [-0.1, -0.05) is 55.1 Å². The molecule has 0 saturated heterocycles. The van der Waals surface area contributed by atoms with E-state index < -0.39 is 10.1 Å². The van der Waals surface area contributed by atoms with Crippen molar-refractivity contribution in [3.8, 4) is 0 Å². The predicted molar refractivity (Wildman–Crippen MR) is 85.7 cm³/mol. The Morgan fingerprint density at radius 1 is 0.857 bits per heavy atom. The number of benzene rings is 3. The minimum atomic E-state index is -3.82. The molecule has 3 aromatic carbocycles. The lowest BCUT2D eigenvalue weighted by molar-refractivity contribution is 0.445. The molecule has 0 aliphatic carbocycles. The summed E-state index contributed by atoms with van der Waals surface area (Å²) in [6.45, 7) is 3.30. The zero-order valence-corrected chi connectivity index (χ0v) is 13.6. The molecule has 0 spiro atoms. The lowest BCUT2D eigenvalue weighted by Gasteiger charge is -2.09. The van der Waals surface area contributed by atoms with Gasteiger partial charge in [0.15, 0.2) is 0 Å². The van der Waals surface area contributed by atoms with Crippen molar-refractivity contribution < 1.29 is 12.6 Å². The van der Waals surface area contributed by atoms with Crippen molar-refractivity contribution in [1.82, 2.24) is 0 Å². The van der Waals surface area contributed by atoms with Gasteiger partial charge in [0.2, 0.25) is 0 Å². The molecule has 21 heavy (non-hydrogen) atoms. The van der Waals surface area contributed by atoms with Crippen LogP contribution in [-0.2, 0) is 14.3 Å². The van der Waals surface area contributed by atoms with Gasteiger partial charge in [-0.05, 0) is 22.2 Å². The molecule has 0 N–H and O–H groups in total. The van der Waals surface area contributed by atoms with Crippen LogP contribution in [0.5, 0.6) is 0 Å². The van der Waals surface area contributed by atoms with Gasteiger partial charge in [-0.2, -0.15) is 8.42 Å². The zero-order valence-electron chi connectivity index (χ0n) is 11.3. The van der Waals surface area contributed by atoms with Gasteiger partial charge in [-0.25, -0.2) is 0 Å². The molecule has 0 unspecified atom stereocenters. The minimum Gasteiger partial charge on any atom is -0.388 e. The summed E-state index contributed by atoms with van der Waals surface area (Å²) < 4.78 is 28.8. The van der Waals surface area contributed by atoms with E-state index in [1.807, 2.05) is 36.4 Å². The molecule has 0 aliphatic rings. The summed E-state index contributed by atoms with van der Waals surface area (Å²) >= 11 is 0. The van der Waals surface area contributed by atoms with Crippen molar-refractivity contribution in [1.29, 1.82) is 0 Å². The maximum absolute atomic E-state index is 12.1. The summed E-state index contributed by atoms with van der Waals surface area (Å²) in [4.78, 5) is 0.153. The highest BCUT2D eigenvalue weighted by atomic mass is 32.2. The summed E-state index contributed by atoms with van der Waals surface area (Å²) in [5, 5.41) is 3.62. The molecule has 3 rings (SSSR count). The van der Waals surface area contributed by atoms with Gasteiger partial charge in [-0.15, -0.1) is 0 Å². The summed E-state index contributed by atoms with van der Waals surface area (Å²) in [5.74, 6) is 0. The van der Waals surface area contributed by atoms with Crippen LogP contribution in [0.4, 0.5) is 0 Å². The molecular weight excluding hydrogens is 297 g/mol. The third-order valence-corrected chi connectivity index (χ3v) is 4.49. The molecule has 0 amide bonds. The van der Waals surface area contributed by atoms with Gasteiger partial charge in [0, 0.05) is 28.4 Å². The first-order chi connectivity index (χ1) is 9.63. The fraction of sp³-hybridized carbons (Fsp3) is 0. The Labute approximate surface area is 139 Å². The van der Waals surface area contributed by atoms with Crippen LogP contribution in [0.15, 0.2) is 72.3 Å². The molecule has 0 bridgehead atoms. The fourth-order valence-electron chi connectivity index (χ4n) is 2.37. The number of rotatable bonds is 3. The zero-order chi connectivity index (χ0) is 14.2. The van der Waals surface area contributed by atoms with Gasteiger partial charge in [0.05, 0.1) is 6.26 Å². The minimum absolute atomic E-state index is 0. The van der Waals surface area contributed by atoms with Crippen molar-refractivity contribution in [3.05, 3.63) is 67.4 Å². The number of fused-ring (bicyclic) bond motifs is 3. The van der Waals surface area contributed by atoms with E-state index in [0.717, 1.165) is 22.4 Å². The molecule has 3 nitrogen and oxygen atoms in total. The lowest BCUT2D eigenvalue weighted by Crippen LogP contribution is -2.02. The molecule has 0 aliphatic heterocycles. The van der Waals surface area contributed by atoms with Crippen LogP contribution in [-0.4, -0.2) is 31.5 Å². The average Bonchev–Trinajstić information content (AvgIpc) is 2.46. The van der Waals surface area contributed by atoms with Crippen molar-refractivity contribution in [3.63, 3.8) is 0 Å². The van der Waals surface area contributed by atoms with E-state index in [9.17, 15) is 8.42 Å². The highest BCUT2D eigenvalue weighted by Gasteiger charge is 2.18.